The van der Waals surface area contributed by atoms with E-state index in [2.05, 4.69) is 15.0 Å². The quantitative estimate of drug-likeness (QED) is 0.418. The number of hydrogen-bond donors (Lipinski definition) is 4. The number of amides is 1. The molecular formula is C11H15N5O5. The number of nitrogens with two attached hydrogens (primary N) is 1. The average Bonchev–Trinajstić information content (AvgIpc) is 2.91. The van der Waals surface area contributed by atoms with Gasteiger partial charge in [-0.05, 0) is 6.92 Å². The van der Waals surface area contributed by atoms with Crippen LogP contribution >= 0.6 is 0 Å². The second kappa shape index (κ2) is 4.56. The van der Waals surface area contributed by atoms with Gasteiger partial charge in [-0.2, -0.15) is 9.98 Å². The van der Waals surface area contributed by atoms with Crippen LogP contribution < -0.4 is 5.73 Å². The zero-order valence-electron chi connectivity index (χ0n) is 11.1. The van der Waals surface area contributed by atoms with Crippen LogP contribution in [0.2, 0.25) is 0 Å². The van der Waals surface area contributed by atoms with E-state index >= 15 is 0 Å². The van der Waals surface area contributed by atoms with Crippen LogP contribution in [0.4, 0.5) is 0 Å². The van der Waals surface area contributed by atoms with Gasteiger partial charge in [-0.1, -0.05) is 0 Å². The van der Waals surface area contributed by atoms with E-state index in [1.165, 1.54) is 18.2 Å². The van der Waals surface area contributed by atoms with Crippen LogP contribution in [0.15, 0.2) is 15.0 Å². The molecular weight excluding hydrogens is 282 g/mol. The van der Waals surface area contributed by atoms with E-state index in [9.17, 15) is 20.1 Å². The van der Waals surface area contributed by atoms with Crippen molar-refractivity contribution >= 4 is 24.0 Å². The number of carbonyl (C=O) groups is 1. The first-order valence-electron chi connectivity index (χ1n) is 6.31. The minimum absolute atomic E-state index is 0.170. The third-order valence-electron chi connectivity index (χ3n) is 3.72. The highest BCUT2D eigenvalue weighted by atomic mass is 16.6. The molecule has 5 atom stereocenters. The molecule has 0 spiro atoms. The predicted molar refractivity (Wildman–Crippen MR) is 70.6 cm³/mol. The van der Waals surface area contributed by atoms with Crippen molar-refractivity contribution in [1.82, 2.24) is 4.90 Å². The Kier molecular flexibility index (Phi) is 3.06. The molecule has 0 aromatic heterocycles. The van der Waals surface area contributed by atoms with Gasteiger partial charge in [0.25, 0.3) is 5.91 Å². The molecule has 3 aliphatic rings. The molecule has 0 saturated carbocycles. The third kappa shape index (κ3) is 1.95. The molecule has 0 bridgehead atoms. The van der Waals surface area contributed by atoms with Crippen LogP contribution in [0.25, 0.3) is 0 Å². The van der Waals surface area contributed by atoms with Crippen molar-refractivity contribution < 1.29 is 24.9 Å². The molecule has 1 amide bonds. The van der Waals surface area contributed by atoms with Crippen LogP contribution in [-0.4, -0.2) is 80.9 Å². The molecule has 21 heavy (non-hydrogen) atoms. The molecule has 114 valence electrons. The van der Waals surface area contributed by atoms with Gasteiger partial charge in [0.15, 0.2) is 18.1 Å². The lowest BCUT2D eigenvalue weighted by Crippen LogP contribution is -2.55. The van der Waals surface area contributed by atoms with Crippen molar-refractivity contribution in [1.29, 1.82) is 0 Å². The molecule has 10 heteroatoms. The van der Waals surface area contributed by atoms with Gasteiger partial charge in [-0.15, -0.1) is 0 Å². The lowest BCUT2D eigenvalue weighted by Gasteiger charge is -2.33. The minimum Gasteiger partial charge on any atom is -0.394 e. The third-order valence-corrected chi connectivity index (χ3v) is 3.72. The first-order chi connectivity index (χ1) is 9.86. The van der Waals surface area contributed by atoms with E-state index < -0.39 is 42.6 Å². The van der Waals surface area contributed by atoms with E-state index in [1.54, 1.807) is 0 Å². The van der Waals surface area contributed by atoms with Crippen molar-refractivity contribution in [2.45, 2.75) is 37.0 Å². The molecule has 0 radical (unpaired) electrons. The Balaban J connectivity index is 1.93. The van der Waals surface area contributed by atoms with Gasteiger partial charge in [0, 0.05) is 0 Å². The Morgan fingerprint density at radius 3 is 2.86 bits per heavy atom. The lowest BCUT2D eigenvalue weighted by atomic mass is 9.96. The highest BCUT2D eigenvalue weighted by Gasteiger charge is 2.56. The van der Waals surface area contributed by atoms with Crippen molar-refractivity contribution in [3.05, 3.63) is 0 Å². The van der Waals surface area contributed by atoms with Gasteiger partial charge < -0.3 is 25.8 Å². The number of guanidine groups is 1. The zero-order chi connectivity index (χ0) is 15.4. The molecule has 5 N–H and O–H groups in total. The number of amidine groups is 1. The highest BCUT2D eigenvalue weighted by Crippen LogP contribution is 2.34. The number of aliphatic imine (C=N–C) groups is 3. The Morgan fingerprint density at radius 2 is 2.24 bits per heavy atom. The van der Waals surface area contributed by atoms with Crippen LogP contribution in [0.5, 0.6) is 0 Å². The topological polar surface area (TPSA) is 153 Å². The first-order valence-corrected chi connectivity index (χ1v) is 6.31. The monoisotopic (exact) mass is 297 g/mol. The number of ether oxygens (including phenoxy) is 1. The second-order valence-electron chi connectivity index (χ2n) is 5.23. The summed E-state index contributed by atoms with van der Waals surface area (Å²) in [5, 5.41) is 29.6. The molecule has 10 nitrogen and oxygen atoms in total. The molecule has 3 heterocycles. The Bertz CT molecular complexity index is 571. The van der Waals surface area contributed by atoms with Gasteiger partial charge in [-0.25, -0.2) is 0 Å². The van der Waals surface area contributed by atoms with Crippen LogP contribution in [-0.2, 0) is 9.53 Å². The van der Waals surface area contributed by atoms with Gasteiger partial charge in [-0.3, -0.25) is 14.7 Å². The molecule has 3 aliphatic heterocycles. The van der Waals surface area contributed by atoms with Gasteiger partial charge in [0.2, 0.25) is 5.96 Å². The highest BCUT2D eigenvalue weighted by molar-refractivity contribution is 6.21. The van der Waals surface area contributed by atoms with Crippen LogP contribution in [0.3, 0.4) is 0 Å². The fraction of sp³-hybridized carbons (Fsp3) is 0.636. The minimum atomic E-state index is -1.69. The van der Waals surface area contributed by atoms with Gasteiger partial charge in [0.05, 0.1) is 12.9 Å². The smallest absolute Gasteiger partial charge is 0.281 e. The van der Waals surface area contributed by atoms with Gasteiger partial charge in [0.1, 0.15) is 17.8 Å². The summed E-state index contributed by atoms with van der Waals surface area (Å²) in [6.07, 6.45) is -2.04. The van der Waals surface area contributed by atoms with Crippen molar-refractivity contribution in [2.24, 2.45) is 20.7 Å². The summed E-state index contributed by atoms with van der Waals surface area (Å²) in [6, 6.07) is -0.929. The predicted octanol–water partition coefficient (Wildman–Crippen LogP) is -3.22. The summed E-state index contributed by atoms with van der Waals surface area (Å²) >= 11 is 0. The Labute approximate surface area is 119 Å². The van der Waals surface area contributed by atoms with Gasteiger partial charge >= 0.3 is 0 Å². The molecule has 1 saturated heterocycles. The molecule has 0 aromatic carbocycles. The largest absolute Gasteiger partial charge is 0.394 e. The molecule has 2 unspecified atom stereocenters. The standard InChI is InChI=1S/C11H15N5O5/c1-11(20)6(18)4(2-17)21-9(11)16-3-13-5-7(16)14-10(12)15-8(5)19/h3-6,9,17-18,20H,2H2,1H3,(H2,12,15,19)/t4-,5?,6?,9-,11-/m1/s1. The van der Waals surface area contributed by atoms with E-state index in [0.29, 0.717) is 0 Å². The first kappa shape index (κ1) is 14.1. The number of aliphatic hydroxyl groups excluding tert-OH is 2. The van der Waals surface area contributed by atoms with Crippen LogP contribution in [0.1, 0.15) is 6.92 Å². The summed E-state index contributed by atoms with van der Waals surface area (Å²) in [4.78, 5) is 24.5. The summed E-state index contributed by atoms with van der Waals surface area (Å²) in [5.41, 5.74) is 3.77. The number of carbonyl (C=O) groups excluding carboxylic acids is 1. The number of rotatable bonds is 2. The van der Waals surface area contributed by atoms with E-state index in [-0.39, 0.29) is 11.8 Å². The summed E-state index contributed by atoms with van der Waals surface area (Å²) < 4.78 is 5.45. The normalized spacial score (nSPS) is 42.1. The molecule has 1 fully saturated rings. The average molecular weight is 297 g/mol. The van der Waals surface area contributed by atoms with E-state index in [4.69, 9.17) is 10.5 Å². The molecule has 0 aliphatic carbocycles. The lowest BCUT2D eigenvalue weighted by molar-refractivity contribution is -0.118. The number of nitrogens with zero attached hydrogens (tertiary/aromatic N) is 4. The van der Waals surface area contributed by atoms with E-state index in [1.807, 2.05) is 0 Å². The maximum absolute atomic E-state index is 11.7. The van der Waals surface area contributed by atoms with Crippen molar-refractivity contribution in [2.75, 3.05) is 6.61 Å². The molecule has 3 rings (SSSR count). The number of aliphatic hydroxyl groups is 3. The second-order valence-corrected chi connectivity index (χ2v) is 5.23. The summed E-state index contributed by atoms with van der Waals surface area (Å²) in [6.45, 7) is 0.902. The number of hydrogen-bond acceptors (Lipinski definition) is 9. The van der Waals surface area contributed by atoms with Crippen molar-refractivity contribution in [3.8, 4) is 0 Å². The Hall–Kier alpha value is -1.88. The van der Waals surface area contributed by atoms with Crippen LogP contribution in [0, 0.1) is 0 Å². The summed E-state index contributed by atoms with van der Waals surface area (Å²) in [7, 11) is 0. The summed E-state index contributed by atoms with van der Waals surface area (Å²) in [5.74, 6) is -0.602. The fourth-order valence-electron chi connectivity index (χ4n) is 2.59. The van der Waals surface area contributed by atoms with Crippen molar-refractivity contribution in [3.63, 3.8) is 0 Å². The van der Waals surface area contributed by atoms with E-state index in [0.717, 1.165) is 0 Å². The maximum atomic E-state index is 11.7. The molecule has 0 aromatic rings. The SMILES string of the molecule is C[C@@]1(O)C(O)[C@@H](CO)O[C@H]1N1C=NC2C(=O)N=C(N)N=C21. The zero-order valence-corrected chi connectivity index (χ0v) is 11.1. The fourth-order valence-corrected chi connectivity index (χ4v) is 2.59. The Morgan fingerprint density at radius 1 is 1.52 bits per heavy atom. The number of fused-ring (bicyclic) bond motifs is 1. The maximum Gasteiger partial charge on any atom is 0.281 e.